The van der Waals surface area contributed by atoms with Crippen LogP contribution in [0.25, 0.3) is 16.5 Å². The average Bonchev–Trinajstić information content (AvgIpc) is 2.46. The van der Waals surface area contributed by atoms with E-state index in [1.165, 1.54) is 8.96 Å². The molecular formula is C16H13BrINO. The topological polar surface area (TPSA) is 13.1 Å². The minimum atomic E-state index is 0. The number of benzene rings is 2. The maximum atomic E-state index is 5.43. The maximum absolute atomic E-state index is 5.43. The van der Waals surface area contributed by atoms with Crippen molar-refractivity contribution in [3.8, 4) is 11.4 Å². The molecule has 3 rings (SSSR count). The minimum absolute atomic E-state index is 0. The lowest BCUT2D eigenvalue weighted by Crippen LogP contribution is -3.00. The molecule has 4 heteroatoms. The number of ether oxygens (including phenoxy) is 1. The molecule has 102 valence electrons. The van der Waals surface area contributed by atoms with Crippen molar-refractivity contribution in [2.75, 3.05) is 7.11 Å². The Hall–Kier alpha value is -1.14. The fourth-order valence-electron chi connectivity index (χ4n) is 2.16. The van der Waals surface area contributed by atoms with E-state index in [0.29, 0.717) is 0 Å². The van der Waals surface area contributed by atoms with Crippen LogP contribution < -0.4 is 26.3 Å². The molecule has 0 radical (unpaired) electrons. The number of aromatic nitrogens is 1. The number of pyridine rings is 1. The molecule has 0 fully saturated rings. The van der Waals surface area contributed by atoms with Gasteiger partial charge in [-0.2, -0.15) is 4.57 Å². The number of rotatable bonds is 2. The molecule has 0 aliphatic heterocycles. The third-order valence-electron chi connectivity index (χ3n) is 3.11. The maximum Gasteiger partial charge on any atom is 0.211 e. The quantitative estimate of drug-likeness (QED) is 0.422. The summed E-state index contributed by atoms with van der Waals surface area (Å²) in [4.78, 5) is 0. The van der Waals surface area contributed by atoms with Crippen LogP contribution in [0.4, 0.5) is 0 Å². The van der Waals surface area contributed by atoms with Gasteiger partial charge < -0.3 is 21.7 Å². The lowest BCUT2D eigenvalue weighted by molar-refractivity contribution is -0.594. The van der Waals surface area contributed by atoms with Gasteiger partial charge in [0.1, 0.15) is 5.75 Å². The molecule has 0 amide bonds. The number of methoxy groups -OCH3 is 1. The van der Waals surface area contributed by atoms with Crippen molar-refractivity contribution in [2.45, 2.75) is 0 Å². The van der Waals surface area contributed by atoms with Gasteiger partial charge in [0.15, 0.2) is 12.4 Å². The van der Waals surface area contributed by atoms with Crippen LogP contribution in [0.2, 0.25) is 0 Å². The second-order valence-corrected chi connectivity index (χ2v) is 5.54. The SMILES string of the molecule is COc1cccc2cc[n+](-c3cccc(I)c3)cc12.[Br-]. The Balaban J connectivity index is 0.00000147. The van der Waals surface area contributed by atoms with Crippen LogP contribution in [0.15, 0.2) is 60.9 Å². The van der Waals surface area contributed by atoms with Gasteiger partial charge in [0, 0.05) is 21.8 Å². The predicted molar refractivity (Wildman–Crippen MR) is 84.7 cm³/mol. The van der Waals surface area contributed by atoms with Gasteiger partial charge >= 0.3 is 0 Å². The first-order valence-corrected chi connectivity index (χ1v) is 7.10. The third kappa shape index (κ3) is 2.96. The predicted octanol–water partition coefficient (Wildman–Crippen LogP) is 0.734. The standard InChI is InChI=1S/C16H13INO.BrH/c1-19-16-7-2-4-12-8-9-18(11-15(12)16)14-6-3-5-13(17)10-14;/h2-11H,1H3;1H/q+1;/p-1. The van der Waals surface area contributed by atoms with Gasteiger partial charge in [-0.25, -0.2) is 0 Å². The van der Waals surface area contributed by atoms with E-state index >= 15 is 0 Å². The highest BCUT2D eigenvalue weighted by molar-refractivity contribution is 14.1. The number of fused-ring (bicyclic) bond motifs is 1. The normalized spacial score (nSPS) is 10.1. The minimum Gasteiger partial charge on any atom is -1.00 e. The van der Waals surface area contributed by atoms with E-state index in [1.807, 2.05) is 12.1 Å². The van der Waals surface area contributed by atoms with Gasteiger partial charge in [0.2, 0.25) is 5.69 Å². The molecule has 0 N–H and O–H groups in total. The van der Waals surface area contributed by atoms with Crippen molar-refractivity contribution in [2.24, 2.45) is 0 Å². The lowest BCUT2D eigenvalue weighted by atomic mass is 10.1. The molecule has 0 bridgehead atoms. The molecule has 0 aliphatic rings. The molecule has 0 aliphatic carbocycles. The first kappa shape index (κ1) is 15.3. The third-order valence-corrected chi connectivity index (χ3v) is 3.78. The second kappa shape index (κ2) is 6.54. The highest BCUT2D eigenvalue weighted by Crippen LogP contribution is 2.23. The summed E-state index contributed by atoms with van der Waals surface area (Å²) in [6.07, 6.45) is 4.19. The van der Waals surface area contributed by atoms with Crippen LogP contribution in [-0.4, -0.2) is 7.11 Å². The summed E-state index contributed by atoms with van der Waals surface area (Å²) in [5.41, 5.74) is 1.15. The Morgan fingerprint density at radius 3 is 2.60 bits per heavy atom. The fourth-order valence-corrected chi connectivity index (χ4v) is 2.69. The van der Waals surface area contributed by atoms with Crippen LogP contribution in [0.5, 0.6) is 5.75 Å². The van der Waals surface area contributed by atoms with Crippen molar-refractivity contribution in [1.29, 1.82) is 0 Å². The molecule has 20 heavy (non-hydrogen) atoms. The Morgan fingerprint density at radius 2 is 1.85 bits per heavy atom. The van der Waals surface area contributed by atoms with Gasteiger partial charge in [0.25, 0.3) is 0 Å². The molecule has 1 aromatic heterocycles. The zero-order chi connectivity index (χ0) is 13.2. The highest BCUT2D eigenvalue weighted by Gasteiger charge is 2.10. The molecule has 2 nitrogen and oxygen atoms in total. The van der Waals surface area contributed by atoms with E-state index in [-0.39, 0.29) is 17.0 Å². The first-order valence-electron chi connectivity index (χ1n) is 6.02. The number of halogens is 2. The van der Waals surface area contributed by atoms with Crippen molar-refractivity contribution >= 4 is 33.4 Å². The number of hydrogen-bond donors (Lipinski definition) is 0. The Bertz CT molecular complexity index is 745. The Morgan fingerprint density at radius 1 is 1.05 bits per heavy atom. The monoisotopic (exact) mass is 441 g/mol. The van der Waals surface area contributed by atoms with Gasteiger partial charge in [0.05, 0.1) is 12.5 Å². The van der Waals surface area contributed by atoms with Crippen LogP contribution in [0.3, 0.4) is 0 Å². The molecule has 0 spiro atoms. The molecule has 0 saturated carbocycles. The van der Waals surface area contributed by atoms with Crippen molar-refractivity contribution in [3.63, 3.8) is 0 Å². The van der Waals surface area contributed by atoms with E-state index in [1.54, 1.807) is 7.11 Å². The van der Waals surface area contributed by atoms with Crippen LogP contribution in [0, 0.1) is 3.57 Å². The van der Waals surface area contributed by atoms with E-state index in [9.17, 15) is 0 Å². The average molecular weight is 442 g/mol. The molecule has 3 aromatic rings. The summed E-state index contributed by atoms with van der Waals surface area (Å²) in [6, 6.07) is 16.6. The van der Waals surface area contributed by atoms with Gasteiger partial charge in [-0.1, -0.05) is 18.2 Å². The second-order valence-electron chi connectivity index (χ2n) is 4.30. The molecule has 0 atom stereocenters. The molecule has 0 saturated heterocycles. The van der Waals surface area contributed by atoms with Gasteiger partial charge in [-0.3, -0.25) is 0 Å². The largest absolute Gasteiger partial charge is 1.00 e. The number of nitrogens with zero attached hydrogens (tertiary/aromatic N) is 1. The molecule has 1 heterocycles. The zero-order valence-electron chi connectivity index (χ0n) is 10.9. The van der Waals surface area contributed by atoms with Gasteiger partial charge in [-0.05, 0) is 40.1 Å². The van der Waals surface area contributed by atoms with Crippen LogP contribution in [0.1, 0.15) is 0 Å². The smallest absolute Gasteiger partial charge is 0.211 e. The summed E-state index contributed by atoms with van der Waals surface area (Å²) in [5, 5.41) is 2.30. The number of hydrogen-bond acceptors (Lipinski definition) is 1. The zero-order valence-corrected chi connectivity index (χ0v) is 14.6. The summed E-state index contributed by atoms with van der Waals surface area (Å²) in [6.45, 7) is 0. The van der Waals surface area contributed by atoms with Gasteiger partial charge in [-0.15, -0.1) is 0 Å². The van der Waals surface area contributed by atoms with E-state index in [2.05, 4.69) is 75.9 Å². The molecule has 2 aromatic carbocycles. The van der Waals surface area contributed by atoms with E-state index < -0.39 is 0 Å². The van der Waals surface area contributed by atoms with Crippen molar-refractivity contribution < 1.29 is 26.3 Å². The van der Waals surface area contributed by atoms with Crippen LogP contribution in [-0.2, 0) is 0 Å². The highest BCUT2D eigenvalue weighted by atomic mass is 127. The van der Waals surface area contributed by atoms with Crippen molar-refractivity contribution in [3.05, 3.63) is 64.5 Å². The van der Waals surface area contributed by atoms with E-state index in [4.69, 9.17) is 4.74 Å². The summed E-state index contributed by atoms with van der Waals surface area (Å²) >= 11 is 2.33. The van der Waals surface area contributed by atoms with Crippen LogP contribution >= 0.6 is 22.6 Å². The van der Waals surface area contributed by atoms with Crippen molar-refractivity contribution in [1.82, 2.24) is 0 Å². The Labute approximate surface area is 142 Å². The fraction of sp³-hybridized carbons (Fsp3) is 0.0625. The summed E-state index contributed by atoms with van der Waals surface area (Å²) < 4.78 is 8.77. The molecule has 0 unspecified atom stereocenters. The summed E-state index contributed by atoms with van der Waals surface area (Å²) in [5.74, 6) is 0.900. The Kier molecular flexibility index (Phi) is 4.99. The lowest BCUT2D eigenvalue weighted by Gasteiger charge is -2.04. The summed E-state index contributed by atoms with van der Waals surface area (Å²) in [7, 11) is 1.71. The first-order chi connectivity index (χ1) is 9.28. The molecular weight excluding hydrogens is 429 g/mol. The van der Waals surface area contributed by atoms with E-state index in [0.717, 1.165) is 16.8 Å².